The van der Waals surface area contributed by atoms with Crippen molar-refractivity contribution in [1.82, 2.24) is 4.72 Å². The highest BCUT2D eigenvalue weighted by Gasteiger charge is 2.24. The van der Waals surface area contributed by atoms with Gasteiger partial charge in [0.05, 0.1) is 16.1 Å². The fraction of sp³-hybridized carbons (Fsp3) is 0.417. The van der Waals surface area contributed by atoms with Crippen LogP contribution in [0.4, 0.5) is 4.39 Å². The summed E-state index contributed by atoms with van der Waals surface area (Å²) in [6.45, 7) is 3.75. The Bertz CT molecular complexity index is 634. The van der Waals surface area contributed by atoms with Crippen molar-refractivity contribution < 1.29 is 27.8 Å². The number of aromatic carboxylic acids is 1. The van der Waals surface area contributed by atoms with Gasteiger partial charge in [-0.15, -0.1) is 0 Å². The highest BCUT2D eigenvalue weighted by molar-refractivity contribution is 7.89. The van der Waals surface area contributed by atoms with Crippen molar-refractivity contribution in [2.75, 3.05) is 6.54 Å². The molecule has 0 heterocycles. The normalized spacial score (nSPS) is 12.4. The summed E-state index contributed by atoms with van der Waals surface area (Å²) in [4.78, 5) is 10.4. The molecular weight excluding hydrogens is 289 g/mol. The van der Waals surface area contributed by atoms with E-state index in [1.54, 1.807) is 0 Å². The average molecular weight is 305 g/mol. The number of carbonyl (C=O) groups is 1. The van der Waals surface area contributed by atoms with Crippen LogP contribution in [-0.2, 0) is 10.0 Å². The highest BCUT2D eigenvalue weighted by atomic mass is 32.2. The lowest BCUT2D eigenvalue weighted by Gasteiger charge is -2.18. The van der Waals surface area contributed by atoms with Crippen molar-refractivity contribution in [1.29, 1.82) is 0 Å². The van der Waals surface area contributed by atoms with E-state index in [0.29, 0.717) is 0 Å². The zero-order valence-electron chi connectivity index (χ0n) is 11.3. The molecule has 1 aromatic rings. The van der Waals surface area contributed by atoms with Gasteiger partial charge in [0.25, 0.3) is 0 Å². The van der Waals surface area contributed by atoms with Gasteiger partial charge in [-0.25, -0.2) is 22.3 Å². The SMILES string of the molecule is Cc1c(F)cc(C(=O)O)cc1S(=O)(=O)NCC(C)(C)O. The van der Waals surface area contributed by atoms with Crippen LogP contribution < -0.4 is 4.72 Å². The molecule has 0 aliphatic carbocycles. The van der Waals surface area contributed by atoms with E-state index >= 15 is 0 Å². The molecule has 0 fully saturated rings. The van der Waals surface area contributed by atoms with Gasteiger partial charge in [-0.05, 0) is 32.9 Å². The van der Waals surface area contributed by atoms with Crippen LogP contribution in [0.3, 0.4) is 0 Å². The lowest BCUT2D eigenvalue weighted by Crippen LogP contribution is -2.38. The third-order valence-electron chi connectivity index (χ3n) is 2.53. The van der Waals surface area contributed by atoms with Gasteiger partial charge in [-0.3, -0.25) is 0 Å². The number of hydrogen-bond donors (Lipinski definition) is 3. The van der Waals surface area contributed by atoms with E-state index in [-0.39, 0.29) is 12.1 Å². The summed E-state index contributed by atoms with van der Waals surface area (Å²) >= 11 is 0. The standard InChI is InChI=1S/C12H16FNO5S/c1-7-9(13)4-8(11(15)16)5-10(7)20(18,19)14-6-12(2,3)17/h4-5,14,17H,6H2,1-3H3,(H,15,16). The van der Waals surface area contributed by atoms with Crippen LogP contribution in [-0.4, -0.2) is 36.7 Å². The van der Waals surface area contributed by atoms with Crippen molar-refractivity contribution in [3.8, 4) is 0 Å². The third-order valence-corrected chi connectivity index (χ3v) is 4.06. The Hall–Kier alpha value is -1.51. The fourth-order valence-corrected chi connectivity index (χ4v) is 2.89. The topological polar surface area (TPSA) is 104 Å². The summed E-state index contributed by atoms with van der Waals surface area (Å²) in [5.74, 6) is -2.35. The van der Waals surface area contributed by atoms with Crippen molar-refractivity contribution in [2.24, 2.45) is 0 Å². The van der Waals surface area contributed by atoms with Crippen LogP contribution in [0.1, 0.15) is 29.8 Å². The lowest BCUT2D eigenvalue weighted by atomic mass is 10.1. The number of benzene rings is 1. The molecule has 20 heavy (non-hydrogen) atoms. The Morgan fingerprint density at radius 3 is 2.40 bits per heavy atom. The Morgan fingerprint density at radius 1 is 1.40 bits per heavy atom. The fourth-order valence-electron chi connectivity index (χ4n) is 1.41. The van der Waals surface area contributed by atoms with Gasteiger partial charge in [0.15, 0.2) is 0 Å². The second-order valence-corrected chi connectivity index (χ2v) is 6.76. The molecule has 0 radical (unpaired) electrons. The molecule has 0 unspecified atom stereocenters. The Labute approximate surface area is 116 Å². The summed E-state index contributed by atoms with van der Waals surface area (Å²) in [5, 5.41) is 18.3. The number of carboxylic acid groups (broad SMARTS) is 1. The molecule has 0 atom stereocenters. The molecule has 0 amide bonds. The highest BCUT2D eigenvalue weighted by Crippen LogP contribution is 2.21. The number of carboxylic acids is 1. The molecule has 0 spiro atoms. The number of rotatable bonds is 5. The molecule has 0 aliphatic rings. The first-order chi connectivity index (χ1) is 8.94. The molecule has 6 nitrogen and oxygen atoms in total. The first-order valence-corrected chi connectivity index (χ1v) is 7.18. The van der Waals surface area contributed by atoms with Crippen LogP contribution in [0.25, 0.3) is 0 Å². The van der Waals surface area contributed by atoms with Crippen molar-refractivity contribution in [3.63, 3.8) is 0 Å². The molecule has 1 aromatic carbocycles. The summed E-state index contributed by atoms with van der Waals surface area (Å²) in [6.07, 6.45) is 0. The Kier molecular flexibility index (Phi) is 4.52. The van der Waals surface area contributed by atoms with Crippen LogP contribution >= 0.6 is 0 Å². The van der Waals surface area contributed by atoms with Gasteiger partial charge in [0.1, 0.15) is 5.82 Å². The van der Waals surface area contributed by atoms with E-state index in [4.69, 9.17) is 5.11 Å². The summed E-state index contributed by atoms with van der Waals surface area (Å²) in [6, 6.07) is 1.64. The van der Waals surface area contributed by atoms with Crippen molar-refractivity contribution in [2.45, 2.75) is 31.3 Å². The third kappa shape index (κ3) is 3.99. The maximum absolute atomic E-state index is 13.6. The second-order valence-electron chi connectivity index (χ2n) is 5.02. The van der Waals surface area contributed by atoms with Gasteiger partial charge in [0.2, 0.25) is 10.0 Å². The van der Waals surface area contributed by atoms with E-state index in [0.717, 1.165) is 12.1 Å². The van der Waals surface area contributed by atoms with Crippen LogP contribution in [0.15, 0.2) is 17.0 Å². The molecule has 112 valence electrons. The first kappa shape index (κ1) is 16.5. The van der Waals surface area contributed by atoms with Crippen LogP contribution in [0, 0.1) is 12.7 Å². The largest absolute Gasteiger partial charge is 0.478 e. The maximum atomic E-state index is 13.6. The summed E-state index contributed by atoms with van der Waals surface area (Å²) < 4.78 is 39.8. The van der Waals surface area contributed by atoms with E-state index < -0.39 is 37.9 Å². The smallest absolute Gasteiger partial charge is 0.335 e. The lowest BCUT2D eigenvalue weighted by molar-refractivity contribution is 0.0695. The molecule has 0 saturated carbocycles. The van der Waals surface area contributed by atoms with E-state index in [1.807, 2.05) is 0 Å². The minimum Gasteiger partial charge on any atom is -0.478 e. The number of sulfonamides is 1. The van der Waals surface area contributed by atoms with Gasteiger partial charge in [-0.2, -0.15) is 0 Å². The number of halogens is 1. The molecule has 0 aliphatic heterocycles. The molecule has 0 aromatic heterocycles. The predicted molar refractivity (Wildman–Crippen MR) is 69.6 cm³/mol. The quantitative estimate of drug-likeness (QED) is 0.749. The molecule has 0 saturated heterocycles. The maximum Gasteiger partial charge on any atom is 0.335 e. The number of aliphatic hydroxyl groups is 1. The zero-order chi connectivity index (χ0) is 15.7. The first-order valence-electron chi connectivity index (χ1n) is 5.69. The van der Waals surface area contributed by atoms with Crippen molar-refractivity contribution in [3.05, 3.63) is 29.1 Å². The minimum atomic E-state index is -4.12. The Balaban J connectivity index is 3.27. The summed E-state index contributed by atoms with van der Waals surface area (Å²) in [5.41, 5.74) is -1.93. The van der Waals surface area contributed by atoms with E-state index in [1.165, 1.54) is 20.8 Å². The molecule has 8 heteroatoms. The Morgan fingerprint density at radius 2 is 1.95 bits per heavy atom. The van der Waals surface area contributed by atoms with Gasteiger partial charge in [-0.1, -0.05) is 0 Å². The predicted octanol–water partition coefficient (Wildman–Crippen LogP) is 0.882. The average Bonchev–Trinajstić information content (AvgIpc) is 2.28. The zero-order valence-corrected chi connectivity index (χ0v) is 12.1. The van der Waals surface area contributed by atoms with Crippen LogP contribution in [0.5, 0.6) is 0 Å². The van der Waals surface area contributed by atoms with Crippen LogP contribution in [0.2, 0.25) is 0 Å². The molecular formula is C12H16FNO5S. The molecule has 3 N–H and O–H groups in total. The number of nitrogens with one attached hydrogen (secondary N) is 1. The molecule has 1 rings (SSSR count). The molecule has 0 bridgehead atoms. The second kappa shape index (κ2) is 5.47. The van der Waals surface area contributed by atoms with Gasteiger partial charge >= 0.3 is 5.97 Å². The van der Waals surface area contributed by atoms with Gasteiger partial charge in [0, 0.05) is 12.1 Å². The van der Waals surface area contributed by atoms with E-state index in [9.17, 15) is 22.7 Å². The monoisotopic (exact) mass is 305 g/mol. The van der Waals surface area contributed by atoms with E-state index in [2.05, 4.69) is 4.72 Å². The minimum absolute atomic E-state index is 0.182. The number of hydrogen-bond acceptors (Lipinski definition) is 4. The summed E-state index contributed by atoms with van der Waals surface area (Å²) in [7, 11) is -4.12. The van der Waals surface area contributed by atoms with Gasteiger partial charge < -0.3 is 10.2 Å². The van der Waals surface area contributed by atoms with Crippen molar-refractivity contribution >= 4 is 16.0 Å².